The Hall–Kier alpha value is -1.05. The van der Waals surface area contributed by atoms with Crippen molar-refractivity contribution in [3.63, 3.8) is 0 Å². The molecule has 0 radical (unpaired) electrons. The number of hydrogen-bond acceptors (Lipinski definition) is 4. The standard InChI is InChI=1S/C17H26N2O3S2/c1-14-6-4-5-7-16(14)23-15-8-12-19(13-9-15)17(20)10-11-18(2)24(3,21)22/h4-7,15H,8-13H2,1-3H3. The maximum absolute atomic E-state index is 12.2. The van der Waals surface area contributed by atoms with Crippen LogP contribution in [-0.2, 0) is 14.8 Å². The molecule has 1 fully saturated rings. The Bertz CT molecular complexity index is 668. The normalized spacial score (nSPS) is 16.6. The van der Waals surface area contributed by atoms with Gasteiger partial charge in [0.25, 0.3) is 0 Å². The highest BCUT2D eigenvalue weighted by Gasteiger charge is 2.24. The number of nitrogens with zero attached hydrogens (tertiary/aromatic N) is 2. The summed E-state index contributed by atoms with van der Waals surface area (Å²) in [5.74, 6) is 0.0461. The minimum absolute atomic E-state index is 0.0461. The number of piperidine rings is 1. The van der Waals surface area contributed by atoms with Crippen LogP contribution >= 0.6 is 11.8 Å². The van der Waals surface area contributed by atoms with E-state index in [9.17, 15) is 13.2 Å². The highest BCUT2D eigenvalue weighted by molar-refractivity contribution is 8.00. The quantitative estimate of drug-likeness (QED) is 0.771. The zero-order chi connectivity index (χ0) is 17.7. The van der Waals surface area contributed by atoms with Crippen molar-refractivity contribution in [2.45, 2.75) is 36.3 Å². The maximum atomic E-state index is 12.2. The molecule has 7 heteroatoms. The molecule has 0 bridgehead atoms. The smallest absolute Gasteiger partial charge is 0.223 e. The molecule has 1 saturated heterocycles. The van der Waals surface area contributed by atoms with Gasteiger partial charge in [0.2, 0.25) is 15.9 Å². The van der Waals surface area contributed by atoms with E-state index in [0.29, 0.717) is 5.25 Å². The Morgan fingerprint density at radius 1 is 1.29 bits per heavy atom. The van der Waals surface area contributed by atoms with E-state index in [-0.39, 0.29) is 18.9 Å². The number of amides is 1. The number of sulfonamides is 1. The number of likely N-dealkylation sites (tertiary alicyclic amines) is 1. The van der Waals surface area contributed by atoms with Gasteiger partial charge in [-0.2, -0.15) is 0 Å². The van der Waals surface area contributed by atoms with E-state index in [2.05, 4.69) is 25.1 Å². The van der Waals surface area contributed by atoms with Gasteiger partial charge in [-0.1, -0.05) is 18.2 Å². The Balaban J connectivity index is 1.78. The van der Waals surface area contributed by atoms with Crippen molar-refractivity contribution >= 4 is 27.7 Å². The van der Waals surface area contributed by atoms with Crippen LogP contribution in [0.5, 0.6) is 0 Å². The fourth-order valence-electron chi connectivity index (χ4n) is 2.67. The van der Waals surface area contributed by atoms with Crippen LogP contribution in [0.3, 0.4) is 0 Å². The van der Waals surface area contributed by atoms with Gasteiger partial charge in [-0.15, -0.1) is 11.8 Å². The predicted octanol–water partition coefficient (Wildman–Crippen LogP) is 2.36. The van der Waals surface area contributed by atoms with E-state index < -0.39 is 10.0 Å². The molecule has 0 aromatic heterocycles. The van der Waals surface area contributed by atoms with E-state index >= 15 is 0 Å². The van der Waals surface area contributed by atoms with Crippen LogP contribution in [0, 0.1) is 6.92 Å². The first-order valence-electron chi connectivity index (χ1n) is 8.19. The van der Waals surface area contributed by atoms with E-state index in [1.807, 2.05) is 22.7 Å². The van der Waals surface area contributed by atoms with Gasteiger partial charge >= 0.3 is 0 Å². The molecular weight excluding hydrogens is 344 g/mol. The topological polar surface area (TPSA) is 57.7 Å². The van der Waals surface area contributed by atoms with Gasteiger partial charge in [0, 0.05) is 43.2 Å². The van der Waals surface area contributed by atoms with Crippen LogP contribution in [0.25, 0.3) is 0 Å². The zero-order valence-corrected chi connectivity index (χ0v) is 16.2. The summed E-state index contributed by atoms with van der Waals surface area (Å²) >= 11 is 1.90. The zero-order valence-electron chi connectivity index (χ0n) is 14.6. The summed E-state index contributed by atoms with van der Waals surface area (Å²) in [7, 11) is -1.71. The lowest BCUT2D eigenvalue weighted by Crippen LogP contribution is -2.40. The van der Waals surface area contributed by atoms with Gasteiger partial charge in [-0.3, -0.25) is 4.79 Å². The van der Waals surface area contributed by atoms with Gasteiger partial charge in [-0.25, -0.2) is 12.7 Å². The summed E-state index contributed by atoms with van der Waals surface area (Å²) in [6.45, 7) is 3.88. The lowest BCUT2D eigenvalue weighted by molar-refractivity contribution is -0.132. The molecule has 5 nitrogen and oxygen atoms in total. The molecule has 0 aliphatic carbocycles. The highest BCUT2D eigenvalue weighted by Crippen LogP contribution is 2.32. The first kappa shape index (κ1) is 19.3. The molecule has 1 aliphatic heterocycles. The van der Waals surface area contributed by atoms with Crippen LogP contribution in [0.15, 0.2) is 29.2 Å². The lowest BCUT2D eigenvalue weighted by Gasteiger charge is -2.32. The molecule has 0 unspecified atom stereocenters. The van der Waals surface area contributed by atoms with Crippen molar-refractivity contribution in [3.05, 3.63) is 29.8 Å². The van der Waals surface area contributed by atoms with Crippen LogP contribution in [0.2, 0.25) is 0 Å². The Morgan fingerprint density at radius 3 is 2.50 bits per heavy atom. The van der Waals surface area contributed by atoms with Gasteiger partial charge < -0.3 is 4.90 Å². The summed E-state index contributed by atoms with van der Waals surface area (Å²) in [5.41, 5.74) is 1.30. The van der Waals surface area contributed by atoms with Crippen molar-refractivity contribution in [2.24, 2.45) is 0 Å². The summed E-state index contributed by atoms with van der Waals surface area (Å²) in [4.78, 5) is 15.4. The maximum Gasteiger partial charge on any atom is 0.223 e. The molecule has 2 rings (SSSR count). The second-order valence-electron chi connectivity index (χ2n) is 6.30. The number of benzene rings is 1. The number of hydrogen-bond donors (Lipinski definition) is 0. The van der Waals surface area contributed by atoms with Crippen molar-refractivity contribution in [1.82, 2.24) is 9.21 Å². The SMILES string of the molecule is Cc1ccccc1SC1CCN(C(=O)CCN(C)S(C)(=O)=O)CC1. The minimum atomic E-state index is -3.22. The Morgan fingerprint density at radius 2 is 1.92 bits per heavy atom. The second-order valence-corrected chi connectivity index (χ2v) is 9.73. The van der Waals surface area contributed by atoms with E-state index in [0.717, 1.165) is 32.2 Å². The third-order valence-corrected chi connectivity index (χ3v) is 7.22. The molecule has 134 valence electrons. The van der Waals surface area contributed by atoms with Gasteiger partial charge in [0.1, 0.15) is 0 Å². The minimum Gasteiger partial charge on any atom is -0.343 e. The molecule has 1 aromatic carbocycles. The summed E-state index contributed by atoms with van der Waals surface area (Å²) in [6, 6.07) is 8.39. The molecular formula is C17H26N2O3S2. The molecule has 0 saturated carbocycles. The Labute approximate surface area is 149 Å². The fourth-order valence-corrected chi connectivity index (χ4v) is 4.31. The van der Waals surface area contributed by atoms with Gasteiger partial charge in [0.05, 0.1) is 6.26 Å². The van der Waals surface area contributed by atoms with Crippen molar-refractivity contribution < 1.29 is 13.2 Å². The van der Waals surface area contributed by atoms with Crippen LogP contribution in [0.1, 0.15) is 24.8 Å². The molecule has 24 heavy (non-hydrogen) atoms. The first-order valence-corrected chi connectivity index (χ1v) is 10.9. The van der Waals surface area contributed by atoms with Crippen molar-refractivity contribution in [3.8, 4) is 0 Å². The average molecular weight is 371 g/mol. The summed E-state index contributed by atoms with van der Waals surface area (Å²) in [6.07, 6.45) is 3.37. The van der Waals surface area contributed by atoms with E-state index in [4.69, 9.17) is 0 Å². The summed E-state index contributed by atoms with van der Waals surface area (Å²) in [5, 5.41) is 0.536. The van der Waals surface area contributed by atoms with Crippen molar-refractivity contribution in [2.75, 3.05) is 32.9 Å². The number of carbonyl (C=O) groups is 1. The van der Waals surface area contributed by atoms with Gasteiger partial charge in [0.15, 0.2) is 0 Å². The number of aryl methyl sites for hydroxylation is 1. The number of carbonyl (C=O) groups excluding carboxylic acids is 1. The number of thioether (sulfide) groups is 1. The molecule has 0 N–H and O–H groups in total. The predicted molar refractivity (Wildman–Crippen MR) is 98.7 cm³/mol. The largest absolute Gasteiger partial charge is 0.343 e. The van der Waals surface area contributed by atoms with Crippen molar-refractivity contribution in [1.29, 1.82) is 0 Å². The third kappa shape index (κ3) is 5.50. The highest BCUT2D eigenvalue weighted by atomic mass is 32.2. The molecule has 1 heterocycles. The molecule has 1 aliphatic rings. The molecule has 1 amide bonds. The molecule has 0 spiro atoms. The van der Waals surface area contributed by atoms with Crippen LogP contribution in [0.4, 0.5) is 0 Å². The fraction of sp³-hybridized carbons (Fsp3) is 0.588. The van der Waals surface area contributed by atoms with Crippen LogP contribution < -0.4 is 0 Å². The average Bonchev–Trinajstić information content (AvgIpc) is 2.54. The second kappa shape index (κ2) is 8.36. The third-order valence-electron chi connectivity index (χ3n) is 4.39. The number of rotatable bonds is 6. The Kier molecular flexibility index (Phi) is 6.71. The van der Waals surface area contributed by atoms with Crippen LogP contribution in [-0.4, -0.2) is 61.7 Å². The van der Waals surface area contributed by atoms with Gasteiger partial charge in [-0.05, 0) is 31.4 Å². The molecule has 0 atom stereocenters. The monoisotopic (exact) mass is 370 g/mol. The van der Waals surface area contributed by atoms with E-state index in [1.165, 1.54) is 21.8 Å². The summed E-state index contributed by atoms with van der Waals surface area (Å²) < 4.78 is 24.0. The molecule has 1 aromatic rings. The van der Waals surface area contributed by atoms with E-state index in [1.54, 1.807) is 0 Å². The first-order chi connectivity index (χ1) is 11.3. The lowest BCUT2D eigenvalue weighted by atomic mass is 10.1.